The van der Waals surface area contributed by atoms with Gasteiger partial charge >= 0.3 is 0 Å². The molecule has 1 fully saturated rings. The van der Waals surface area contributed by atoms with Crippen LogP contribution in [0.2, 0.25) is 0 Å². The van der Waals surface area contributed by atoms with E-state index in [1.54, 1.807) is 37.1 Å². The Morgan fingerprint density at radius 2 is 2.11 bits per heavy atom. The topological polar surface area (TPSA) is 108 Å². The third-order valence-electron chi connectivity index (χ3n) is 6.17. The number of carbonyl (C=O) groups excluding carboxylic acids is 2. The van der Waals surface area contributed by atoms with Crippen LogP contribution in [0.15, 0.2) is 50.0 Å². The zero-order valence-electron chi connectivity index (χ0n) is 21.4. The number of nitrogens with one attached hydrogen (secondary N) is 2. The molecule has 2 N–H and O–H groups in total. The molecule has 9 nitrogen and oxygen atoms in total. The van der Waals surface area contributed by atoms with E-state index in [0.29, 0.717) is 48.6 Å². The van der Waals surface area contributed by atoms with Gasteiger partial charge in [0.15, 0.2) is 0 Å². The summed E-state index contributed by atoms with van der Waals surface area (Å²) in [6, 6.07) is 1.36. The average molecular weight is 545 g/mol. The van der Waals surface area contributed by atoms with Gasteiger partial charge in [-0.05, 0) is 64.8 Å². The molecule has 2 aliphatic rings. The van der Waals surface area contributed by atoms with E-state index in [1.165, 1.54) is 11.3 Å². The third kappa shape index (κ3) is 7.24. The summed E-state index contributed by atoms with van der Waals surface area (Å²) in [5.74, 6) is -0.0428. The van der Waals surface area contributed by atoms with Crippen LogP contribution < -0.4 is 10.6 Å². The Morgan fingerprint density at radius 3 is 2.70 bits per heavy atom. The van der Waals surface area contributed by atoms with Crippen molar-refractivity contribution < 1.29 is 14.3 Å². The second kappa shape index (κ2) is 13.5. The first-order chi connectivity index (χ1) is 17.8. The number of guanidine groups is 1. The van der Waals surface area contributed by atoms with Crippen molar-refractivity contribution >= 4 is 59.8 Å². The van der Waals surface area contributed by atoms with Crippen molar-refractivity contribution in [3.8, 4) is 0 Å². The van der Waals surface area contributed by atoms with Crippen LogP contribution in [0.4, 0.5) is 0 Å². The molecule has 2 aliphatic heterocycles. The van der Waals surface area contributed by atoms with Gasteiger partial charge in [0.2, 0.25) is 11.9 Å². The van der Waals surface area contributed by atoms with Crippen LogP contribution in [0.25, 0.3) is 5.70 Å². The largest absolute Gasteiger partial charge is 0.381 e. The molecule has 0 radical (unpaired) electrons. The Bertz CT molecular complexity index is 1160. The maximum atomic E-state index is 13.2. The fourth-order valence-electron chi connectivity index (χ4n) is 3.97. The first kappa shape index (κ1) is 28.5. The number of carbonyl (C=O) groups is 2. The van der Waals surface area contributed by atoms with Gasteiger partial charge in [0.1, 0.15) is 6.04 Å². The molecule has 3 heterocycles. The van der Waals surface area contributed by atoms with Gasteiger partial charge in [0, 0.05) is 41.9 Å². The smallest absolute Gasteiger partial charge is 0.256 e. The number of aliphatic imine (C=N–C) groups is 3. The minimum absolute atomic E-state index is 0.194. The highest BCUT2D eigenvalue weighted by atomic mass is 35.5. The summed E-state index contributed by atoms with van der Waals surface area (Å²) in [5, 5.41) is 6.66. The molecule has 1 atom stereocenters. The van der Waals surface area contributed by atoms with Gasteiger partial charge in [0.25, 0.3) is 5.91 Å². The molecule has 0 aromatic carbocycles. The minimum Gasteiger partial charge on any atom is -0.381 e. The van der Waals surface area contributed by atoms with E-state index in [4.69, 9.17) is 16.3 Å². The first-order valence-electron chi connectivity index (χ1n) is 12.0. The Hall–Kier alpha value is -3.08. The van der Waals surface area contributed by atoms with Crippen molar-refractivity contribution in [1.29, 1.82) is 0 Å². The second-order valence-corrected chi connectivity index (χ2v) is 10.3. The number of ether oxygens (including phenoxy) is 1. The van der Waals surface area contributed by atoms with Crippen molar-refractivity contribution in [3.63, 3.8) is 0 Å². The predicted octanol–water partition coefficient (Wildman–Crippen LogP) is 4.12. The number of hydrogen-bond donors (Lipinski definition) is 2. The van der Waals surface area contributed by atoms with Crippen LogP contribution in [0.1, 0.15) is 53.7 Å². The zero-order chi connectivity index (χ0) is 26.9. The van der Waals surface area contributed by atoms with E-state index in [1.807, 2.05) is 13.0 Å². The van der Waals surface area contributed by atoms with Crippen molar-refractivity contribution in [2.45, 2.75) is 52.2 Å². The molecule has 0 aliphatic carbocycles. The molecule has 1 saturated heterocycles. The highest BCUT2D eigenvalue weighted by Gasteiger charge is 2.36. The molecule has 0 saturated carbocycles. The van der Waals surface area contributed by atoms with Gasteiger partial charge in [-0.15, -0.1) is 11.3 Å². The van der Waals surface area contributed by atoms with Crippen molar-refractivity contribution in [1.82, 2.24) is 15.5 Å². The quantitative estimate of drug-likeness (QED) is 0.277. The summed E-state index contributed by atoms with van der Waals surface area (Å²) in [6.45, 7) is 14.4. The first-order valence-corrected chi connectivity index (χ1v) is 13.2. The Labute approximate surface area is 226 Å². The molecule has 0 unspecified atom stereocenters. The molecule has 0 spiro atoms. The molecule has 37 heavy (non-hydrogen) atoms. The van der Waals surface area contributed by atoms with Crippen LogP contribution in [0, 0.1) is 0 Å². The number of nitrogens with zero attached hydrogens (tertiary/aromatic N) is 4. The maximum Gasteiger partial charge on any atom is 0.256 e. The standard InChI is InChI=1S/C26H33ClN6O3S/c1-6-18(7-10-28-4)14-30-24(34)17(3)33-15-22-20(25(33)35)13-21(37-22)23(16(2)27)32-26(29-5)31-19-8-11-36-12-9-19/h6-7,10,13,17,19H,4-5,8-9,11-12,14-15H2,1-3H3,(H,30,34)(H,31,32)/b10-7-,18-6+,23-16+/t17-/m1/s1. The number of thiophene rings is 1. The lowest BCUT2D eigenvalue weighted by atomic mass is 10.1. The highest BCUT2D eigenvalue weighted by molar-refractivity contribution is 7.13. The maximum absolute atomic E-state index is 13.2. The average Bonchev–Trinajstić information content (AvgIpc) is 3.45. The zero-order valence-corrected chi connectivity index (χ0v) is 23.0. The number of amides is 2. The van der Waals surface area contributed by atoms with Crippen LogP contribution in [-0.4, -0.2) is 68.0 Å². The number of fused-ring (bicyclic) bond motifs is 1. The van der Waals surface area contributed by atoms with Gasteiger partial charge in [-0.2, -0.15) is 0 Å². The SMILES string of the molecule is C=N/C=C\C(=C/C)CNC(=O)[C@@H](C)N1Cc2sc(C(/N=C(\N=C)NC3CCOCC3)=C(/C)Cl)cc2C1=O. The lowest BCUT2D eigenvalue weighted by Gasteiger charge is -2.24. The number of hydrogen-bond acceptors (Lipinski definition) is 6. The summed E-state index contributed by atoms with van der Waals surface area (Å²) in [5.41, 5.74) is 1.99. The molecule has 0 bridgehead atoms. The normalized spacial score (nSPS) is 18.5. The van der Waals surface area contributed by atoms with Gasteiger partial charge in [-0.25, -0.2) is 9.98 Å². The summed E-state index contributed by atoms with van der Waals surface area (Å²) in [7, 11) is 0. The van der Waals surface area contributed by atoms with Crippen molar-refractivity contribution in [3.05, 3.63) is 50.3 Å². The van der Waals surface area contributed by atoms with Gasteiger partial charge < -0.3 is 20.3 Å². The summed E-state index contributed by atoms with van der Waals surface area (Å²) in [4.78, 5) is 41.5. The molecular weight excluding hydrogens is 512 g/mol. The molecule has 198 valence electrons. The monoisotopic (exact) mass is 544 g/mol. The van der Waals surface area contributed by atoms with E-state index in [9.17, 15) is 9.59 Å². The summed E-state index contributed by atoms with van der Waals surface area (Å²) in [6.07, 6.45) is 6.93. The predicted molar refractivity (Wildman–Crippen MR) is 152 cm³/mol. The minimum atomic E-state index is -0.627. The van der Waals surface area contributed by atoms with E-state index in [-0.39, 0.29) is 17.9 Å². The van der Waals surface area contributed by atoms with Crippen LogP contribution in [0.3, 0.4) is 0 Å². The van der Waals surface area contributed by atoms with Crippen LogP contribution >= 0.6 is 22.9 Å². The molecule has 1 aromatic rings. The fraction of sp³-hybridized carbons (Fsp3) is 0.423. The second-order valence-electron chi connectivity index (χ2n) is 8.64. The summed E-state index contributed by atoms with van der Waals surface area (Å²) >= 11 is 7.84. The molecule has 11 heteroatoms. The van der Waals surface area contributed by atoms with Crippen LogP contribution in [0.5, 0.6) is 0 Å². The van der Waals surface area contributed by atoms with E-state index < -0.39 is 6.04 Å². The molecule has 2 amide bonds. The van der Waals surface area contributed by atoms with Crippen molar-refractivity contribution in [2.75, 3.05) is 19.8 Å². The van der Waals surface area contributed by atoms with Crippen molar-refractivity contribution in [2.24, 2.45) is 15.0 Å². The van der Waals surface area contributed by atoms with E-state index >= 15 is 0 Å². The molecule has 3 rings (SSSR count). The Morgan fingerprint density at radius 1 is 1.38 bits per heavy atom. The molecular formula is C26H33ClN6O3S. The number of halogens is 1. The van der Waals surface area contributed by atoms with Gasteiger partial charge in [0.05, 0.1) is 22.7 Å². The Kier molecular flexibility index (Phi) is 10.4. The Balaban J connectivity index is 1.70. The fourth-order valence-corrected chi connectivity index (χ4v) is 5.37. The van der Waals surface area contributed by atoms with E-state index in [2.05, 4.69) is 39.0 Å². The third-order valence-corrected chi connectivity index (χ3v) is 7.48. The lowest BCUT2D eigenvalue weighted by Crippen LogP contribution is -2.45. The summed E-state index contributed by atoms with van der Waals surface area (Å²) < 4.78 is 5.41. The van der Waals surface area contributed by atoms with Gasteiger partial charge in [-0.1, -0.05) is 17.7 Å². The van der Waals surface area contributed by atoms with Crippen LogP contribution in [-0.2, 0) is 16.1 Å². The van der Waals surface area contributed by atoms with E-state index in [0.717, 1.165) is 28.2 Å². The lowest BCUT2D eigenvalue weighted by molar-refractivity contribution is -0.125. The number of rotatable bonds is 9. The van der Waals surface area contributed by atoms with Gasteiger partial charge in [-0.3, -0.25) is 14.6 Å². The number of allylic oxidation sites excluding steroid dienone is 2. The highest BCUT2D eigenvalue weighted by Crippen LogP contribution is 2.37. The molecule has 1 aromatic heterocycles.